The van der Waals surface area contributed by atoms with Crippen molar-refractivity contribution in [2.75, 3.05) is 0 Å². The fourth-order valence-electron chi connectivity index (χ4n) is 7.92. The van der Waals surface area contributed by atoms with Gasteiger partial charge in [-0.25, -0.2) is 0 Å². The monoisotopic (exact) mass is 744 g/mol. The maximum atomic E-state index is 2.64. The van der Waals surface area contributed by atoms with Crippen LogP contribution in [0.2, 0.25) is 8.35 Å². The fourth-order valence-corrected chi connectivity index (χ4v) is 36.0. The van der Waals surface area contributed by atoms with E-state index >= 15 is 0 Å². The molecule has 0 nitrogen and oxygen atoms in total. The molecule has 3 aliphatic rings. The van der Waals surface area contributed by atoms with E-state index in [4.69, 9.17) is 0 Å². The van der Waals surface area contributed by atoms with Gasteiger partial charge in [0.2, 0.25) is 0 Å². The topological polar surface area (TPSA) is 0 Å². The van der Waals surface area contributed by atoms with E-state index in [1.54, 1.807) is 22.3 Å². The molecule has 208 valence electrons. The van der Waals surface area contributed by atoms with Crippen LogP contribution in [0.25, 0.3) is 34.4 Å². The van der Waals surface area contributed by atoms with Crippen molar-refractivity contribution < 1.29 is 44.8 Å². The summed E-state index contributed by atoms with van der Waals surface area (Å²) in [6.45, 7) is 4.74. The predicted octanol–water partition coefficient (Wildman–Crippen LogP) is 5.21. The van der Waals surface area contributed by atoms with E-state index in [0.717, 1.165) is 7.35 Å². The van der Waals surface area contributed by atoms with E-state index in [9.17, 15) is 0 Å². The summed E-state index contributed by atoms with van der Waals surface area (Å²) in [7, 11) is 0. The van der Waals surface area contributed by atoms with E-state index in [1.807, 2.05) is 0 Å². The molecule has 0 aromatic heterocycles. The van der Waals surface area contributed by atoms with Crippen LogP contribution in [-0.4, -0.2) is 0 Å². The Morgan fingerprint density at radius 2 is 0.951 bits per heavy atom. The molecule has 0 amide bonds. The number of halogens is 2. The molecule has 41 heavy (non-hydrogen) atoms. The number of rotatable bonds is 8. The molecule has 0 spiro atoms. The summed E-state index contributed by atoms with van der Waals surface area (Å²) in [5, 5.41) is 0. The van der Waals surface area contributed by atoms with Gasteiger partial charge in [-0.1, -0.05) is 0 Å². The zero-order chi connectivity index (χ0) is 26.4. The fraction of sp³-hybridized carbons (Fsp3) is 0.263. The summed E-state index contributed by atoms with van der Waals surface area (Å²) in [4.78, 5) is 0. The van der Waals surface area contributed by atoms with Crippen LogP contribution in [0.1, 0.15) is 69.1 Å². The summed E-state index contributed by atoms with van der Waals surface area (Å²) in [6.07, 6.45) is 10.2. The molecule has 4 aromatic carbocycles. The number of allylic oxidation sites excluding steroid dienone is 2. The van der Waals surface area contributed by atoms with Gasteiger partial charge in [0, 0.05) is 0 Å². The van der Waals surface area contributed by atoms with E-state index in [0.29, 0.717) is 0 Å². The maximum absolute atomic E-state index is 2.85. The zero-order valence-corrected chi connectivity index (χ0v) is 29.2. The quantitative estimate of drug-likeness (QED) is 0.218. The van der Waals surface area contributed by atoms with Crippen LogP contribution in [0.4, 0.5) is 0 Å². The van der Waals surface area contributed by atoms with Gasteiger partial charge in [0.05, 0.1) is 0 Å². The molecule has 2 unspecified atom stereocenters. The van der Waals surface area contributed by atoms with Crippen molar-refractivity contribution in [1.82, 2.24) is 0 Å². The molecule has 0 saturated carbocycles. The molecule has 4 aromatic rings. The first-order valence-electron chi connectivity index (χ1n) is 15.0. The molecule has 1 saturated heterocycles. The normalized spacial score (nSPS) is 18.5. The Labute approximate surface area is 263 Å². The van der Waals surface area contributed by atoms with Crippen LogP contribution in [0.5, 0.6) is 0 Å². The second-order valence-corrected chi connectivity index (χ2v) is 28.5. The first kappa shape index (κ1) is 30.3. The Balaban J connectivity index is 0.00000169. The number of hydrogen-bond acceptors (Lipinski definition) is 0. The average molecular weight is 744 g/mol. The van der Waals surface area contributed by atoms with Gasteiger partial charge in [0.25, 0.3) is 0 Å². The second-order valence-electron chi connectivity index (χ2n) is 11.9. The molecule has 0 N–H and O–H groups in total. The minimum absolute atomic E-state index is 0. The number of benzene rings is 4. The first-order valence-corrected chi connectivity index (χ1v) is 24.3. The Morgan fingerprint density at radius 1 is 0.537 bits per heavy atom. The molecule has 2 aliphatic carbocycles. The van der Waals surface area contributed by atoms with Crippen molar-refractivity contribution in [3.63, 3.8) is 0 Å². The van der Waals surface area contributed by atoms with Crippen LogP contribution in [-0.2, 0) is 20.0 Å². The third-order valence-corrected chi connectivity index (χ3v) is 28.6. The number of fused-ring (bicyclic) bond motifs is 2. The molecule has 0 bridgehead atoms. The van der Waals surface area contributed by atoms with Gasteiger partial charge in [-0.05, 0) is 0 Å². The summed E-state index contributed by atoms with van der Waals surface area (Å²) in [5.74, 6) is 0. The molecule has 1 heterocycles. The Bertz CT molecular complexity index is 1460. The summed E-state index contributed by atoms with van der Waals surface area (Å²) >= 11 is -2.85. The van der Waals surface area contributed by atoms with Crippen molar-refractivity contribution in [3.8, 4) is 22.3 Å². The molecule has 7 rings (SSSR count). The van der Waals surface area contributed by atoms with E-state index < -0.39 is 20.0 Å². The second kappa shape index (κ2) is 12.6. The molecular weight excluding hydrogens is 706 g/mol. The molecule has 3 heteroatoms. The Morgan fingerprint density at radius 3 is 1.32 bits per heavy atom. The minimum Gasteiger partial charge on any atom is -1.00 e. The third-order valence-electron chi connectivity index (χ3n) is 9.53. The Hall–Kier alpha value is -2.19. The van der Waals surface area contributed by atoms with Crippen LogP contribution in [0.3, 0.4) is 0 Å². The average Bonchev–Trinajstić information content (AvgIpc) is 3.53. The predicted molar refractivity (Wildman–Crippen MR) is 165 cm³/mol. The molecule has 2 atom stereocenters. The van der Waals surface area contributed by atoms with E-state index in [2.05, 4.69) is 123 Å². The van der Waals surface area contributed by atoms with E-state index in [1.165, 1.54) is 67.4 Å². The van der Waals surface area contributed by atoms with Gasteiger partial charge >= 0.3 is 240 Å². The summed E-state index contributed by atoms with van der Waals surface area (Å²) < 4.78 is 4.53. The summed E-state index contributed by atoms with van der Waals surface area (Å²) in [6, 6.07) is 36.5. The van der Waals surface area contributed by atoms with Crippen molar-refractivity contribution in [2.24, 2.45) is 0 Å². The summed E-state index contributed by atoms with van der Waals surface area (Å²) in [5.41, 5.74) is 15.5. The first-order chi connectivity index (χ1) is 19.2. The van der Waals surface area contributed by atoms with Crippen LogP contribution in [0.15, 0.2) is 108 Å². The SMILES string of the molecule is CCCC1=Cc2c(-c3ccccc3)cccc2[CH]1[Hf+2]1([CH]2C(CCC)=Cc3c(-c4ccccc4)cccc32)[CH2][CH2]1.[Cl-].[Cl-]. The molecule has 0 radical (unpaired) electrons. The van der Waals surface area contributed by atoms with E-state index in [-0.39, 0.29) is 24.8 Å². The third kappa shape index (κ3) is 5.17. The smallest absolute Gasteiger partial charge is 1.00 e. The maximum Gasteiger partial charge on any atom is -1.00 e. The van der Waals surface area contributed by atoms with Crippen LogP contribution >= 0.6 is 0 Å². The largest absolute Gasteiger partial charge is 1.00 e. The zero-order valence-electron chi connectivity index (χ0n) is 24.0. The van der Waals surface area contributed by atoms with Crippen LogP contribution in [0, 0.1) is 0 Å². The number of hydrogen-bond donors (Lipinski definition) is 0. The van der Waals surface area contributed by atoms with Crippen molar-refractivity contribution in [3.05, 3.63) is 130 Å². The minimum atomic E-state index is -2.85. The van der Waals surface area contributed by atoms with Crippen LogP contribution < -0.4 is 24.8 Å². The van der Waals surface area contributed by atoms with Crippen molar-refractivity contribution in [2.45, 2.75) is 55.2 Å². The van der Waals surface area contributed by atoms with Gasteiger partial charge in [-0.2, -0.15) is 0 Å². The van der Waals surface area contributed by atoms with Gasteiger partial charge in [-0.15, -0.1) is 0 Å². The van der Waals surface area contributed by atoms with Gasteiger partial charge in [-0.3, -0.25) is 0 Å². The molecule has 1 aliphatic heterocycles. The van der Waals surface area contributed by atoms with Gasteiger partial charge in [0.1, 0.15) is 0 Å². The van der Waals surface area contributed by atoms with Gasteiger partial charge in [0.15, 0.2) is 0 Å². The molecular formula is C38H38Cl2Hf. The van der Waals surface area contributed by atoms with Gasteiger partial charge < -0.3 is 24.8 Å². The van der Waals surface area contributed by atoms with Crippen molar-refractivity contribution >= 4 is 12.2 Å². The van der Waals surface area contributed by atoms with Crippen molar-refractivity contribution in [1.29, 1.82) is 0 Å². The Kier molecular flexibility index (Phi) is 9.29. The standard InChI is InChI=1S/2C18H17.C2H4.2ClH.Hf/c2*1-2-7-14-12-16-10-6-11-17(18(16)13-14)15-8-4-3-5-9-15;1-2;;;/h2*3-6,8-13H,2,7H2,1H3;1-2H2;2*1H;/q;;;;;+2/p-2. The molecule has 1 fully saturated rings.